The zero-order valence-corrected chi connectivity index (χ0v) is 12.4. The number of nitro groups is 1. The highest BCUT2D eigenvalue weighted by molar-refractivity contribution is 5.95. The lowest BCUT2D eigenvalue weighted by Crippen LogP contribution is -2.43. The molecule has 0 saturated carbocycles. The fourth-order valence-electron chi connectivity index (χ4n) is 3.36. The molecule has 7 nitrogen and oxygen atoms in total. The van der Waals surface area contributed by atoms with Crippen LogP contribution in [-0.2, 0) is 0 Å². The zero-order valence-electron chi connectivity index (χ0n) is 12.4. The number of piperidine rings is 1. The van der Waals surface area contributed by atoms with Crippen LogP contribution in [0.5, 0.6) is 5.75 Å². The van der Waals surface area contributed by atoms with Gasteiger partial charge in [-0.25, -0.2) is 0 Å². The molecule has 2 atom stereocenters. The Hall–Kier alpha value is -2.15. The number of nitrogens with zero attached hydrogens (tertiary/aromatic N) is 2. The second kappa shape index (κ2) is 5.92. The van der Waals surface area contributed by atoms with Crippen molar-refractivity contribution in [1.82, 2.24) is 10.2 Å². The summed E-state index contributed by atoms with van der Waals surface area (Å²) in [6.45, 7) is 3.48. The maximum absolute atomic E-state index is 12.6. The van der Waals surface area contributed by atoms with Crippen LogP contribution in [0, 0.1) is 22.0 Å². The monoisotopic (exact) mass is 305 g/mol. The van der Waals surface area contributed by atoms with Crippen LogP contribution in [-0.4, -0.2) is 49.0 Å². The first kappa shape index (κ1) is 14.8. The fraction of sp³-hybridized carbons (Fsp3) is 0.533. The van der Waals surface area contributed by atoms with E-state index in [4.69, 9.17) is 4.74 Å². The number of nitrogens with one attached hydrogen (secondary N) is 1. The van der Waals surface area contributed by atoms with Gasteiger partial charge in [-0.15, -0.1) is 0 Å². The van der Waals surface area contributed by atoms with Crippen molar-refractivity contribution in [1.29, 1.82) is 0 Å². The van der Waals surface area contributed by atoms with Gasteiger partial charge >= 0.3 is 5.69 Å². The minimum atomic E-state index is -0.511. The lowest BCUT2D eigenvalue weighted by molar-refractivity contribution is -0.385. The van der Waals surface area contributed by atoms with Gasteiger partial charge in [0, 0.05) is 30.8 Å². The standard InChI is InChI=1S/C15H19N3O4/c1-22-14-6-10(2-3-13(14)18(20)21)15(19)17-5-4-11-7-16-8-12(11)9-17/h2-3,6,11-12,16H,4-5,7-9H2,1H3. The van der Waals surface area contributed by atoms with Crippen molar-refractivity contribution in [2.45, 2.75) is 6.42 Å². The summed E-state index contributed by atoms with van der Waals surface area (Å²) in [4.78, 5) is 24.9. The number of hydrogen-bond acceptors (Lipinski definition) is 5. The fourth-order valence-corrected chi connectivity index (χ4v) is 3.36. The van der Waals surface area contributed by atoms with E-state index in [1.807, 2.05) is 4.90 Å². The molecule has 2 unspecified atom stereocenters. The molecule has 0 aromatic heterocycles. The van der Waals surface area contributed by atoms with E-state index in [0.29, 0.717) is 17.4 Å². The number of methoxy groups -OCH3 is 1. The number of ether oxygens (including phenoxy) is 1. The van der Waals surface area contributed by atoms with E-state index in [1.165, 1.54) is 25.3 Å². The van der Waals surface area contributed by atoms with E-state index in [-0.39, 0.29) is 17.3 Å². The zero-order chi connectivity index (χ0) is 15.7. The number of benzene rings is 1. The first-order valence-corrected chi connectivity index (χ1v) is 7.42. The Morgan fingerprint density at radius 1 is 1.41 bits per heavy atom. The molecule has 0 radical (unpaired) electrons. The van der Waals surface area contributed by atoms with Crippen LogP contribution >= 0.6 is 0 Å². The van der Waals surface area contributed by atoms with E-state index in [0.717, 1.165) is 32.6 Å². The maximum Gasteiger partial charge on any atom is 0.310 e. The second-order valence-corrected chi connectivity index (χ2v) is 5.86. The van der Waals surface area contributed by atoms with Crippen molar-refractivity contribution in [2.24, 2.45) is 11.8 Å². The minimum absolute atomic E-state index is 0.0847. The van der Waals surface area contributed by atoms with Crippen LogP contribution in [0.4, 0.5) is 5.69 Å². The summed E-state index contributed by atoms with van der Waals surface area (Å²) in [5.41, 5.74) is 0.310. The average Bonchev–Trinajstić information content (AvgIpc) is 3.00. The van der Waals surface area contributed by atoms with E-state index < -0.39 is 4.92 Å². The summed E-state index contributed by atoms with van der Waals surface area (Å²) >= 11 is 0. The van der Waals surface area contributed by atoms with Crippen molar-refractivity contribution in [3.8, 4) is 5.75 Å². The van der Waals surface area contributed by atoms with E-state index in [1.54, 1.807) is 0 Å². The van der Waals surface area contributed by atoms with Gasteiger partial charge in [-0.3, -0.25) is 14.9 Å². The largest absolute Gasteiger partial charge is 0.490 e. The van der Waals surface area contributed by atoms with E-state index in [9.17, 15) is 14.9 Å². The molecule has 1 aromatic rings. The Morgan fingerprint density at radius 2 is 2.18 bits per heavy atom. The second-order valence-electron chi connectivity index (χ2n) is 5.86. The van der Waals surface area contributed by atoms with Gasteiger partial charge in [0.2, 0.25) is 0 Å². The van der Waals surface area contributed by atoms with Gasteiger partial charge in [0.05, 0.1) is 12.0 Å². The summed E-state index contributed by atoms with van der Waals surface area (Å²) in [7, 11) is 1.37. The van der Waals surface area contributed by atoms with Crippen molar-refractivity contribution >= 4 is 11.6 Å². The third kappa shape index (κ3) is 2.64. The summed E-state index contributed by atoms with van der Waals surface area (Å²) < 4.78 is 5.03. The lowest BCUT2D eigenvalue weighted by atomic mass is 9.88. The molecule has 1 N–H and O–H groups in total. The van der Waals surface area contributed by atoms with Gasteiger partial charge in [0.15, 0.2) is 5.75 Å². The van der Waals surface area contributed by atoms with E-state index >= 15 is 0 Å². The number of rotatable bonds is 3. The summed E-state index contributed by atoms with van der Waals surface area (Å²) in [6.07, 6.45) is 1.01. The molecular formula is C15H19N3O4. The molecule has 0 bridgehead atoms. The number of carbonyl (C=O) groups excluding carboxylic acids is 1. The first-order chi connectivity index (χ1) is 10.6. The molecule has 2 heterocycles. The normalized spacial score (nSPS) is 24.0. The van der Waals surface area contributed by atoms with Gasteiger partial charge in [0.25, 0.3) is 5.91 Å². The topological polar surface area (TPSA) is 84.7 Å². The highest BCUT2D eigenvalue weighted by atomic mass is 16.6. The lowest BCUT2D eigenvalue weighted by Gasteiger charge is -2.34. The highest BCUT2D eigenvalue weighted by Gasteiger charge is 2.35. The predicted molar refractivity (Wildman–Crippen MR) is 80.0 cm³/mol. The summed E-state index contributed by atoms with van der Waals surface area (Å²) in [5, 5.41) is 14.3. The Kier molecular flexibility index (Phi) is 3.98. The molecule has 3 rings (SSSR count). The van der Waals surface area contributed by atoms with Gasteiger partial charge in [-0.1, -0.05) is 0 Å². The molecule has 2 saturated heterocycles. The molecule has 22 heavy (non-hydrogen) atoms. The molecule has 0 spiro atoms. The molecule has 2 aliphatic rings. The molecule has 1 aromatic carbocycles. The quantitative estimate of drug-likeness (QED) is 0.672. The van der Waals surface area contributed by atoms with Crippen LogP contribution < -0.4 is 10.1 Å². The van der Waals surface area contributed by atoms with Crippen molar-refractivity contribution in [3.63, 3.8) is 0 Å². The molecular weight excluding hydrogens is 286 g/mol. The van der Waals surface area contributed by atoms with Crippen molar-refractivity contribution in [2.75, 3.05) is 33.3 Å². The van der Waals surface area contributed by atoms with Gasteiger partial charge in [0.1, 0.15) is 0 Å². The Morgan fingerprint density at radius 3 is 2.91 bits per heavy atom. The Balaban J connectivity index is 1.78. The van der Waals surface area contributed by atoms with E-state index in [2.05, 4.69) is 5.32 Å². The molecule has 2 aliphatic heterocycles. The smallest absolute Gasteiger partial charge is 0.310 e. The van der Waals surface area contributed by atoms with Crippen LogP contribution in [0.3, 0.4) is 0 Å². The minimum Gasteiger partial charge on any atom is -0.490 e. The molecule has 118 valence electrons. The number of fused-ring (bicyclic) bond motifs is 1. The molecule has 0 aliphatic carbocycles. The van der Waals surface area contributed by atoms with Crippen LogP contribution in [0.25, 0.3) is 0 Å². The number of hydrogen-bond donors (Lipinski definition) is 1. The van der Waals surface area contributed by atoms with Crippen molar-refractivity contribution in [3.05, 3.63) is 33.9 Å². The van der Waals surface area contributed by atoms with Gasteiger partial charge < -0.3 is 15.0 Å². The third-order valence-electron chi connectivity index (χ3n) is 4.62. The molecule has 1 amide bonds. The van der Waals surface area contributed by atoms with Gasteiger partial charge in [-0.05, 0) is 37.4 Å². The molecule has 2 fully saturated rings. The van der Waals surface area contributed by atoms with Crippen LogP contribution in [0.1, 0.15) is 16.8 Å². The Labute approximate surface area is 128 Å². The maximum atomic E-state index is 12.6. The summed E-state index contributed by atoms with van der Waals surface area (Å²) in [5.74, 6) is 1.21. The van der Waals surface area contributed by atoms with Crippen molar-refractivity contribution < 1.29 is 14.5 Å². The van der Waals surface area contributed by atoms with Crippen LogP contribution in [0.2, 0.25) is 0 Å². The predicted octanol–water partition coefficient (Wildman–Crippen LogP) is 1.28. The van der Waals surface area contributed by atoms with Crippen LogP contribution in [0.15, 0.2) is 18.2 Å². The number of amides is 1. The van der Waals surface area contributed by atoms with Gasteiger partial charge in [-0.2, -0.15) is 0 Å². The Bertz CT molecular complexity index is 604. The molecule has 7 heteroatoms. The third-order valence-corrected chi connectivity index (χ3v) is 4.62. The number of likely N-dealkylation sites (tertiary alicyclic amines) is 1. The summed E-state index contributed by atoms with van der Waals surface area (Å²) in [6, 6.07) is 4.29. The first-order valence-electron chi connectivity index (χ1n) is 7.42. The number of nitro benzene ring substituents is 1. The average molecular weight is 305 g/mol. The SMILES string of the molecule is COc1cc(C(=O)N2CCC3CNCC3C2)ccc1[N+](=O)[O-]. The number of carbonyl (C=O) groups is 1. The highest BCUT2D eigenvalue weighted by Crippen LogP contribution is 2.30.